The zero-order valence-electron chi connectivity index (χ0n) is 16.7. The number of aromatic nitrogens is 3. The van der Waals surface area contributed by atoms with Gasteiger partial charge in [-0.1, -0.05) is 26.0 Å². The molecule has 148 valence electrons. The van der Waals surface area contributed by atoms with Crippen molar-refractivity contribution in [2.24, 2.45) is 0 Å². The SMILES string of the molecule is CC(C)c1ncc2cc3c(cnn3C3CCCCO3)cc2c1-c1ccc(F)cc1. The zero-order chi connectivity index (χ0) is 20.0. The lowest BCUT2D eigenvalue weighted by molar-refractivity contribution is -0.0366. The van der Waals surface area contributed by atoms with Gasteiger partial charge in [-0.15, -0.1) is 0 Å². The molecule has 0 aliphatic carbocycles. The van der Waals surface area contributed by atoms with Crippen molar-refractivity contribution >= 4 is 21.7 Å². The van der Waals surface area contributed by atoms with Crippen LogP contribution in [0, 0.1) is 5.82 Å². The van der Waals surface area contributed by atoms with E-state index in [0.29, 0.717) is 0 Å². The minimum Gasteiger partial charge on any atom is -0.356 e. The fourth-order valence-electron chi connectivity index (χ4n) is 4.28. The van der Waals surface area contributed by atoms with Crippen LogP contribution in [-0.4, -0.2) is 21.4 Å². The lowest BCUT2D eigenvalue weighted by atomic mass is 9.92. The molecule has 4 nitrogen and oxygen atoms in total. The van der Waals surface area contributed by atoms with Gasteiger partial charge >= 0.3 is 0 Å². The van der Waals surface area contributed by atoms with Crippen molar-refractivity contribution in [1.29, 1.82) is 0 Å². The predicted molar refractivity (Wildman–Crippen MR) is 113 cm³/mol. The van der Waals surface area contributed by atoms with Crippen LogP contribution in [0.1, 0.15) is 50.9 Å². The maximum Gasteiger partial charge on any atom is 0.150 e. The van der Waals surface area contributed by atoms with Crippen molar-refractivity contribution in [2.45, 2.75) is 45.3 Å². The van der Waals surface area contributed by atoms with Gasteiger partial charge in [-0.25, -0.2) is 9.07 Å². The summed E-state index contributed by atoms with van der Waals surface area (Å²) in [5, 5.41) is 7.89. The second-order valence-corrected chi connectivity index (χ2v) is 8.09. The molecule has 1 fully saturated rings. The van der Waals surface area contributed by atoms with Crippen molar-refractivity contribution in [3.8, 4) is 11.1 Å². The minimum absolute atomic E-state index is 0.00170. The Labute approximate surface area is 169 Å². The number of pyridine rings is 1. The Morgan fingerprint density at radius 1 is 1.07 bits per heavy atom. The maximum absolute atomic E-state index is 13.5. The third-order valence-corrected chi connectivity index (χ3v) is 5.74. The van der Waals surface area contributed by atoms with Crippen LogP contribution in [0.4, 0.5) is 4.39 Å². The number of benzene rings is 2. The van der Waals surface area contributed by atoms with Crippen LogP contribution in [0.3, 0.4) is 0 Å². The molecule has 5 heteroatoms. The summed E-state index contributed by atoms with van der Waals surface area (Å²) in [6, 6.07) is 11.0. The van der Waals surface area contributed by atoms with E-state index in [1.54, 1.807) is 0 Å². The molecule has 1 aliphatic heterocycles. The lowest BCUT2D eigenvalue weighted by Gasteiger charge is -2.23. The fraction of sp³-hybridized carbons (Fsp3) is 0.333. The number of hydrogen-bond donors (Lipinski definition) is 0. The number of rotatable bonds is 3. The Morgan fingerprint density at radius 3 is 2.62 bits per heavy atom. The summed E-state index contributed by atoms with van der Waals surface area (Å²) in [6.45, 7) is 5.06. The van der Waals surface area contributed by atoms with Crippen LogP contribution in [0.25, 0.3) is 32.8 Å². The summed E-state index contributed by atoms with van der Waals surface area (Å²) >= 11 is 0. The first-order valence-electron chi connectivity index (χ1n) is 10.3. The average molecular weight is 389 g/mol. The molecule has 1 atom stereocenters. The Morgan fingerprint density at radius 2 is 1.90 bits per heavy atom. The van der Waals surface area contributed by atoms with Gasteiger partial charge in [0.05, 0.1) is 17.4 Å². The number of hydrogen-bond acceptors (Lipinski definition) is 3. The zero-order valence-corrected chi connectivity index (χ0v) is 16.7. The molecule has 1 unspecified atom stereocenters. The van der Waals surface area contributed by atoms with E-state index < -0.39 is 0 Å². The van der Waals surface area contributed by atoms with Crippen molar-refractivity contribution in [3.63, 3.8) is 0 Å². The van der Waals surface area contributed by atoms with Crippen LogP contribution in [0.5, 0.6) is 0 Å². The number of fused-ring (bicyclic) bond motifs is 2. The third kappa shape index (κ3) is 3.19. The van der Waals surface area contributed by atoms with Crippen LogP contribution in [0.2, 0.25) is 0 Å². The Balaban J connectivity index is 1.74. The molecule has 4 aromatic rings. The van der Waals surface area contributed by atoms with Gasteiger partial charge in [-0.2, -0.15) is 5.10 Å². The standard InChI is InChI=1S/C24H24FN3O/c1-15(2)24-23(16-6-8-19(25)9-7-16)20-11-18-14-27-28(22-5-3-4-10-29-22)21(18)12-17(20)13-26-24/h6-9,11-15,22H,3-5,10H2,1-2H3. The molecule has 2 aromatic carbocycles. The monoisotopic (exact) mass is 389 g/mol. The van der Waals surface area contributed by atoms with E-state index in [2.05, 4.69) is 31.1 Å². The van der Waals surface area contributed by atoms with Gasteiger partial charge in [0.1, 0.15) is 5.82 Å². The lowest BCUT2D eigenvalue weighted by Crippen LogP contribution is -2.18. The number of halogens is 1. The molecule has 0 amide bonds. The molecule has 2 aromatic heterocycles. The topological polar surface area (TPSA) is 39.9 Å². The summed E-state index contributed by atoms with van der Waals surface area (Å²) in [7, 11) is 0. The normalized spacial score (nSPS) is 17.4. The van der Waals surface area contributed by atoms with Gasteiger partial charge in [0.25, 0.3) is 0 Å². The van der Waals surface area contributed by atoms with Gasteiger partial charge in [0.2, 0.25) is 0 Å². The fourth-order valence-corrected chi connectivity index (χ4v) is 4.28. The summed E-state index contributed by atoms with van der Waals surface area (Å²) < 4.78 is 21.5. The van der Waals surface area contributed by atoms with Gasteiger partial charge < -0.3 is 4.74 Å². The molecule has 1 aliphatic rings. The first-order chi connectivity index (χ1) is 14.1. The highest BCUT2D eigenvalue weighted by Gasteiger charge is 2.20. The first-order valence-corrected chi connectivity index (χ1v) is 10.3. The van der Waals surface area contributed by atoms with Gasteiger partial charge in [0, 0.05) is 29.1 Å². The number of ether oxygens (including phenoxy) is 1. The molecule has 0 radical (unpaired) electrons. The Hall–Kier alpha value is -2.79. The van der Waals surface area contributed by atoms with Gasteiger partial charge in [0.15, 0.2) is 6.23 Å². The highest BCUT2D eigenvalue weighted by molar-refractivity contribution is 6.04. The van der Waals surface area contributed by atoms with Gasteiger partial charge in [-0.3, -0.25) is 4.98 Å². The van der Waals surface area contributed by atoms with E-state index in [1.165, 1.54) is 12.1 Å². The van der Waals surface area contributed by atoms with Crippen molar-refractivity contribution in [2.75, 3.05) is 6.61 Å². The van der Waals surface area contributed by atoms with E-state index in [9.17, 15) is 4.39 Å². The van der Waals surface area contributed by atoms with E-state index in [1.807, 2.05) is 29.2 Å². The molecule has 5 rings (SSSR count). The van der Waals surface area contributed by atoms with Crippen LogP contribution >= 0.6 is 0 Å². The largest absolute Gasteiger partial charge is 0.356 e. The number of nitrogens with zero attached hydrogens (tertiary/aromatic N) is 3. The highest BCUT2D eigenvalue weighted by Crippen LogP contribution is 2.37. The second-order valence-electron chi connectivity index (χ2n) is 8.09. The molecule has 0 saturated carbocycles. The highest BCUT2D eigenvalue weighted by atomic mass is 19.1. The molecular weight excluding hydrogens is 365 g/mol. The summed E-state index contributed by atoms with van der Waals surface area (Å²) in [5.41, 5.74) is 4.14. The molecule has 1 saturated heterocycles. The van der Waals surface area contributed by atoms with Crippen molar-refractivity contribution in [1.82, 2.24) is 14.8 Å². The van der Waals surface area contributed by atoms with Crippen molar-refractivity contribution < 1.29 is 9.13 Å². The Kier molecular flexibility index (Phi) is 4.55. The van der Waals surface area contributed by atoms with Crippen LogP contribution in [-0.2, 0) is 4.74 Å². The minimum atomic E-state index is -0.232. The average Bonchev–Trinajstić information content (AvgIpc) is 3.15. The summed E-state index contributed by atoms with van der Waals surface area (Å²) in [5.74, 6) is 0.0257. The molecule has 0 bridgehead atoms. The van der Waals surface area contributed by atoms with Crippen molar-refractivity contribution in [3.05, 3.63) is 60.3 Å². The maximum atomic E-state index is 13.5. The van der Waals surface area contributed by atoms with E-state index in [4.69, 9.17) is 9.72 Å². The van der Waals surface area contributed by atoms with E-state index in [0.717, 1.165) is 64.4 Å². The molecule has 29 heavy (non-hydrogen) atoms. The van der Waals surface area contributed by atoms with Crippen LogP contribution in [0.15, 0.2) is 48.8 Å². The Bertz CT molecular complexity index is 1170. The van der Waals surface area contributed by atoms with E-state index in [-0.39, 0.29) is 18.0 Å². The molecule has 0 spiro atoms. The smallest absolute Gasteiger partial charge is 0.150 e. The van der Waals surface area contributed by atoms with E-state index >= 15 is 0 Å². The summed E-state index contributed by atoms with van der Waals surface area (Å²) in [4.78, 5) is 4.78. The summed E-state index contributed by atoms with van der Waals surface area (Å²) in [6.07, 6.45) is 7.11. The second kappa shape index (κ2) is 7.23. The third-order valence-electron chi connectivity index (χ3n) is 5.74. The molecule has 3 heterocycles. The predicted octanol–water partition coefficient (Wildman–Crippen LogP) is 6.21. The van der Waals surface area contributed by atoms with Crippen LogP contribution < -0.4 is 0 Å². The quantitative estimate of drug-likeness (QED) is 0.418. The first kappa shape index (κ1) is 18.3. The molecular formula is C24H24FN3O. The van der Waals surface area contributed by atoms with Gasteiger partial charge in [-0.05, 0) is 60.4 Å². The molecule has 0 N–H and O–H groups in total.